The predicted octanol–water partition coefficient (Wildman–Crippen LogP) is 2.67. The lowest BCUT2D eigenvalue weighted by atomic mass is 9.73. The number of hydrogen-bond acceptors (Lipinski definition) is 1. The van der Waals surface area contributed by atoms with E-state index in [0.29, 0.717) is 5.92 Å². The van der Waals surface area contributed by atoms with Gasteiger partial charge in [-0.3, -0.25) is 0 Å². The van der Waals surface area contributed by atoms with Crippen molar-refractivity contribution in [1.29, 1.82) is 0 Å². The first-order chi connectivity index (χ1) is 6.14. The number of allylic oxidation sites excluding steroid dienone is 4. The lowest BCUT2D eigenvalue weighted by Gasteiger charge is -2.33. The van der Waals surface area contributed by atoms with Crippen molar-refractivity contribution in [3.63, 3.8) is 0 Å². The average molecular weight is 178 g/mol. The van der Waals surface area contributed by atoms with Gasteiger partial charge in [0.25, 0.3) is 0 Å². The Morgan fingerprint density at radius 2 is 2.23 bits per heavy atom. The largest absolute Gasteiger partial charge is 0.393 e. The summed E-state index contributed by atoms with van der Waals surface area (Å²) in [4.78, 5) is 0. The Hall–Kier alpha value is -0.560. The van der Waals surface area contributed by atoms with Gasteiger partial charge in [0.05, 0.1) is 6.10 Å². The molecule has 2 aliphatic carbocycles. The molecule has 1 N–H and O–H groups in total. The fourth-order valence-corrected chi connectivity index (χ4v) is 2.90. The summed E-state index contributed by atoms with van der Waals surface area (Å²) in [6.45, 7) is 4.42. The van der Waals surface area contributed by atoms with Crippen molar-refractivity contribution in [2.45, 2.75) is 39.2 Å². The van der Waals surface area contributed by atoms with Gasteiger partial charge in [-0.25, -0.2) is 0 Å². The van der Waals surface area contributed by atoms with Gasteiger partial charge in [0.15, 0.2) is 0 Å². The average Bonchev–Trinajstić information content (AvgIpc) is 2.29. The standard InChI is InChI=1S/C12H18O/c1-9-5-3-4-8-12(2)10(9)6-7-11(12)13/h3-5,10-11,13H,6-8H2,1-2H3. The second kappa shape index (κ2) is 2.98. The summed E-state index contributed by atoms with van der Waals surface area (Å²) >= 11 is 0. The van der Waals surface area contributed by atoms with Crippen LogP contribution in [-0.4, -0.2) is 11.2 Å². The lowest BCUT2D eigenvalue weighted by molar-refractivity contribution is 0.0506. The van der Waals surface area contributed by atoms with Crippen LogP contribution < -0.4 is 0 Å². The quantitative estimate of drug-likeness (QED) is 0.604. The van der Waals surface area contributed by atoms with Crippen molar-refractivity contribution < 1.29 is 5.11 Å². The van der Waals surface area contributed by atoms with Gasteiger partial charge in [-0.05, 0) is 32.1 Å². The zero-order chi connectivity index (χ0) is 9.47. The summed E-state index contributed by atoms with van der Waals surface area (Å²) in [5.41, 5.74) is 1.54. The maximum Gasteiger partial charge on any atom is 0.0602 e. The van der Waals surface area contributed by atoms with Crippen molar-refractivity contribution in [3.05, 3.63) is 23.8 Å². The third-order valence-corrected chi connectivity index (χ3v) is 3.89. The minimum absolute atomic E-state index is 0.105. The van der Waals surface area contributed by atoms with E-state index in [1.807, 2.05) is 0 Å². The van der Waals surface area contributed by atoms with Crippen LogP contribution in [0.3, 0.4) is 0 Å². The van der Waals surface area contributed by atoms with Crippen LogP contribution >= 0.6 is 0 Å². The minimum atomic E-state index is -0.108. The molecule has 1 fully saturated rings. The summed E-state index contributed by atoms with van der Waals surface area (Å²) < 4.78 is 0. The van der Waals surface area contributed by atoms with Crippen molar-refractivity contribution in [2.75, 3.05) is 0 Å². The molecule has 0 aromatic carbocycles. The molecule has 0 aromatic rings. The molecule has 0 aromatic heterocycles. The second-order valence-corrected chi connectivity index (χ2v) is 4.69. The van der Waals surface area contributed by atoms with Gasteiger partial charge in [-0.2, -0.15) is 0 Å². The molecule has 0 saturated heterocycles. The third kappa shape index (κ3) is 1.26. The maximum absolute atomic E-state index is 9.97. The van der Waals surface area contributed by atoms with E-state index in [-0.39, 0.29) is 11.5 Å². The fraction of sp³-hybridized carbons (Fsp3) is 0.667. The second-order valence-electron chi connectivity index (χ2n) is 4.69. The maximum atomic E-state index is 9.97. The molecular weight excluding hydrogens is 160 g/mol. The van der Waals surface area contributed by atoms with Crippen molar-refractivity contribution in [2.24, 2.45) is 11.3 Å². The first-order valence-corrected chi connectivity index (χ1v) is 5.16. The summed E-state index contributed by atoms with van der Waals surface area (Å²) in [6.07, 6.45) is 9.56. The summed E-state index contributed by atoms with van der Waals surface area (Å²) in [5.74, 6) is 0.595. The molecule has 0 bridgehead atoms. The van der Waals surface area contributed by atoms with Crippen LogP contribution in [-0.2, 0) is 0 Å². The normalized spacial score (nSPS) is 44.1. The first kappa shape index (κ1) is 9.01. The summed E-state index contributed by atoms with van der Waals surface area (Å²) in [5, 5.41) is 9.97. The number of hydrogen-bond donors (Lipinski definition) is 1. The van der Waals surface area contributed by atoms with Crippen LogP contribution in [0.4, 0.5) is 0 Å². The van der Waals surface area contributed by atoms with Gasteiger partial charge in [0, 0.05) is 5.41 Å². The molecule has 3 unspecified atom stereocenters. The lowest BCUT2D eigenvalue weighted by Crippen LogP contribution is -2.32. The zero-order valence-corrected chi connectivity index (χ0v) is 8.46. The van der Waals surface area contributed by atoms with Crippen molar-refractivity contribution in [3.8, 4) is 0 Å². The van der Waals surface area contributed by atoms with E-state index in [4.69, 9.17) is 0 Å². The molecule has 0 amide bonds. The Morgan fingerprint density at radius 3 is 3.00 bits per heavy atom. The molecule has 13 heavy (non-hydrogen) atoms. The summed E-state index contributed by atoms with van der Waals surface area (Å²) in [6, 6.07) is 0. The topological polar surface area (TPSA) is 20.2 Å². The molecule has 0 spiro atoms. The molecule has 1 heteroatoms. The van der Waals surface area contributed by atoms with Crippen LogP contribution in [0.15, 0.2) is 23.8 Å². The molecule has 2 aliphatic rings. The Bertz CT molecular complexity index is 264. The Balaban J connectivity index is 2.35. The van der Waals surface area contributed by atoms with Crippen LogP contribution in [0.1, 0.15) is 33.1 Å². The SMILES string of the molecule is CC1=CC=CCC2(C)C(O)CCC12. The summed E-state index contributed by atoms with van der Waals surface area (Å²) in [7, 11) is 0. The van der Waals surface area contributed by atoms with Crippen molar-refractivity contribution in [1.82, 2.24) is 0 Å². The number of fused-ring (bicyclic) bond motifs is 1. The van der Waals surface area contributed by atoms with E-state index in [9.17, 15) is 5.11 Å². The van der Waals surface area contributed by atoms with Crippen LogP contribution in [0.5, 0.6) is 0 Å². The van der Waals surface area contributed by atoms with E-state index in [0.717, 1.165) is 19.3 Å². The highest BCUT2D eigenvalue weighted by atomic mass is 16.3. The first-order valence-electron chi connectivity index (χ1n) is 5.16. The van der Waals surface area contributed by atoms with Gasteiger partial charge in [-0.15, -0.1) is 0 Å². The molecule has 1 nitrogen and oxygen atoms in total. The van der Waals surface area contributed by atoms with Gasteiger partial charge in [0.1, 0.15) is 0 Å². The van der Waals surface area contributed by atoms with Crippen LogP contribution in [0.2, 0.25) is 0 Å². The third-order valence-electron chi connectivity index (χ3n) is 3.89. The Kier molecular flexibility index (Phi) is 2.07. The molecule has 72 valence electrons. The predicted molar refractivity (Wildman–Crippen MR) is 54.4 cm³/mol. The van der Waals surface area contributed by atoms with E-state index in [1.165, 1.54) is 5.57 Å². The molecule has 2 rings (SSSR count). The monoisotopic (exact) mass is 178 g/mol. The van der Waals surface area contributed by atoms with Crippen LogP contribution in [0.25, 0.3) is 0 Å². The smallest absolute Gasteiger partial charge is 0.0602 e. The zero-order valence-electron chi connectivity index (χ0n) is 8.46. The molecule has 0 aliphatic heterocycles. The molecule has 0 radical (unpaired) electrons. The van der Waals surface area contributed by atoms with Gasteiger partial charge >= 0.3 is 0 Å². The molecular formula is C12H18O. The highest BCUT2D eigenvalue weighted by molar-refractivity contribution is 5.23. The fourth-order valence-electron chi connectivity index (χ4n) is 2.90. The van der Waals surface area contributed by atoms with Gasteiger partial charge in [-0.1, -0.05) is 30.7 Å². The number of aliphatic hydroxyl groups excluding tert-OH is 1. The van der Waals surface area contributed by atoms with E-state index in [1.54, 1.807) is 0 Å². The highest BCUT2D eigenvalue weighted by Gasteiger charge is 2.45. The highest BCUT2D eigenvalue weighted by Crippen LogP contribution is 2.50. The van der Waals surface area contributed by atoms with Gasteiger partial charge in [0.2, 0.25) is 0 Å². The van der Waals surface area contributed by atoms with E-state index >= 15 is 0 Å². The molecule has 3 atom stereocenters. The number of aliphatic hydroxyl groups is 1. The van der Waals surface area contributed by atoms with E-state index < -0.39 is 0 Å². The van der Waals surface area contributed by atoms with Crippen LogP contribution in [0, 0.1) is 11.3 Å². The molecule has 1 saturated carbocycles. The van der Waals surface area contributed by atoms with Crippen molar-refractivity contribution >= 4 is 0 Å². The Morgan fingerprint density at radius 1 is 1.46 bits per heavy atom. The van der Waals surface area contributed by atoms with Gasteiger partial charge < -0.3 is 5.11 Å². The molecule has 0 heterocycles. The number of rotatable bonds is 0. The van der Waals surface area contributed by atoms with E-state index in [2.05, 4.69) is 32.1 Å². The Labute approximate surface area is 80.2 Å². The minimum Gasteiger partial charge on any atom is -0.393 e.